The SMILES string of the molecule is COc1cc(-c2ccc3c(c2NC(=O)NCc2nnn[nH]2)CCC3)ccn1. The van der Waals surface area contributed by atoms with Gasteiger partial charge in [-0.25, -0.2) is 14.9 Å². The lowest BCUT2D eigenvalue weighted by Crippen LogP contribution is -2.29. The van der Waals surface area contributed by atoms with Crippen LogP contribution in [-0.4, -0.2) is 38.7 Å². The Hall–Kier alpha value is -3.49. The number of pyridine rings is 1. The fourth-order valence-corrected chi connectivity index (χ4v) is 3.31. The average molecular weight is 365 g/mol. The van der Waals surface area contributed by atoms with E-state index in [0.717, 1.165) is 36.1 Å². The monoisotopic (exact) mass is 365 g/mol. The number of urea groups is 1. The molecule has 4 rings (SSSR count). The molecule has 138 valence electrons. The molecule has 9 heteroatoms. The summed E-state index contributed by atoms with van der Waals surface area (Å²) >= 11 is 0. The van der Waals surface area contributed by atoms with Gasteiger partial charge in [0.25, 0.3) is 0 Å². The fourth-order valence-electron chi connectivity index (χ4n) is 3.31. The minimum absolute atomic E-state index is 0.215. The van der Waals surface area contributed by atoms with Crippen molar-refractivity contribution in [3.05, 3.63) is 47.4 Å². The maximum absolute atomic E-state index is 12.5. The minimum Gasteiger partial charge on any atom is -0.481 e. The number of carbonyl (C=O) groups excluding carboxylic acids is 1. The van der Waals surface area contributed by atoms with Gasteiger partial charge in [0.15, 0.2) is 5.82 Å². The van der Waals surface area contributed by atoms with Gasteiger partial charge in [-0.2, -0.15) is 0 Å². The Morgan fingerprint density at radius 2 is 2.22 bits per heavy atom. The van der Waals surface area contributed by atoms with Crippen LogP contribution in [-0.2, 0) is 19.4 Å². The molecule has 27 heavy (non-hydrogen) atoms. The zero-order valence-corrected chi connectivity index (χ0v) is 14.8. The molecule has 0 spiro atoms. The molecule has 2 heterocycles. The van der Waals surface area contributed by atoms with Crippen molar-refractivity contribution >= 4 is 11.7 Å². The van der Waals surface area contributed by atoms with E-state index in [9.17, 15) is 4.79 Å². The highest BCUT2D eigenvalue weighted by molar-refractivity contribution is 5.96. The van der Waals surface area contributed by atoms with Gasteiger partial charge in [0.05, 0.1) is 19.3 Å². The number of H-pyrrole nitrogens is 1. The van der Waals surface area contributed by atoms with E-state index in [0.29, 0.717) is 11.7 Å². The standard InChI is InChI=1S/C18H19N7O2/c1-27-16-9-12(7-8-19-16)14-6-5-11-3-2-4-13(11)17(14)21-18(26)20-10-15-22-24-25-23-15/h5-9H,2-4,10H2,1H3,(H2,20,21,26)(H,22,23,24,25). The van der Waals surface area contributed by atoms with Gasteiger partial charge in [-0.15, -0.1) is 5.10 Å². The van der Waals surface area contributed by atoms with Crippen molar-refractivity contribution in [1.29, 1.82) is 0 Å². The number of anilines is 1. The molecule has 0 atom stereocenters. The smallest absolute Gasteiger partial charge is 0.319 e. The third kappa shape index (κ3) is 3.57. The van der Waals surface area contributed by atoms with Crippen LogP contribution in [0.3, 0.4) is 0 Å². The molecule has 0 saturated carbocycles. The summed E-state index contributed by atoms with van der Waals surface area (Å²) in [5, 5.41) is 19.1. The first kappa shape index (κ1) is 17.0. The molecule has 1 aliphatic carbocycles. The highest BCUT2D eigenvalue weighted by Crippen LogP contribution is 2.38. The van der Waals surface area contributed by atoms with E-state index in [2.05, 4.69) is 42.3 Å². The Labute approximate surface area is 155 Å². The van der Waals surface area contributed by atoms with Crippen LogP contribution < -0.4 is 15.4 Å². The number of ether oxygens (including phenoxy) is 1. The van der Waals surface area contributed by atoms with Crippen LogP contribution in [0.25, 0.3) is 11.1 Å². The van der Waals surface area contributed by atoms with E-state index < -0.39 is 0 Å². The van der Waals surface area contributed by atoms with Gasteiger partial charge in [-0.3, -0.25) is 0 Å². The van der Waals surface area contributed by atoms with Crippen molar-refractivity contribution < 1.29 is 9.53 Å². The van der Waals surface area contributed by atoms with Crippen LogP contribution in [0, 0.1) is 0 Å². The summed E-state index contributed by atoms with van der Waals surface area (Å²) in [4.78, 5) is 16.6. The first-order valence-electron chi connectivity index (χ1n) is 8.67. The number of tetrazole rings is 1. The van der Waals surface area contributed by atoms with Crippen molar-refractivity contribution in [3.63, 3.8) is 0 Å². The van der Waals surface area contributed by atoms with Crippen molar-refractivity contribution in [2.24, 2.45) is 0 Å². The fraction of sp³-hybridized carbons (Fsp3) is 0.278. The third-order valence-corrected chi connectivity index (χ3v) is 4.58. The number of methoxy groups -OCH3 is 1. The Kier molecular flexibility index (Phi) is 4.65. The number of fused-ring (bicyclic) bond motifs is 1. The van der Waals surface area contributed by atoms with Crippen molar-refractivity contribution in [3.8, 4) is 17.0 Å². The Balaban J connectivity index is 1.63. The van der Waals surface area contributed by atoms with Gasteiger partial charge in [0.2, 0.25) is 5.88 Å². The lowest BCUT2D eigenvalue weighted by Gasteiger charge is -2.16. The molecule has 3 N–H and O–H groups in total. The number of aromatic nitrogens is 5. The van der Waals surface area contributed by atoms with Crippen LogP contribution in [0.2, 0.25) is 0 Å². The first-order valence-corrected chi connectivity index (χ1v) is 8.67. The molecule has 0 fully saturated rings. The molecule has 0 unspecified atom stereocenters. The second-order valence-electron chi connectivity index (χ2n) is 6.22. The summed E-state index contributed by atoms with van der Waals surface area (Å²) in [5.41, 5.74) is 5.15. The average Bonchev–Trinajstić information content (AvgIpc) is 3.38. The van der Waals surface area contributed by atoms with Crippen molar-refractivity contribution in [2.45, 2.75) is 25.8 Å². The lowest BCUT2D eigenvalue weighted by atomic mass is 9.98. The second-order valence-corrected chi connectivity index (χ2v) is 6.22. The molecular formula is C18H19N7O2. The van der Waals surface area contributed by atoms with E-state index in [1.54, 1.807) is 13.3 Å². The molecule has 9 nitrogen and oxygen atoms in total. The van der Waals surface area contributed by atoms with Gasteiger partial charge in [-0.1, -0.05) is 12.1 Å². The molecular weight excluding hydrogens is 346 g/mol. The van der Waals surface area contributed by atoms with Gasteiger partial charge in [0.1, 0.15) is 0 Å². The number of rotatable bonds is 5. The quantitative estimate of drug-likeness (QED) is 0.637. The van der Waals surface area contributed by atoms with Crippen LogP contribution in [0.15, 0.2) is 30.5 Å². The van der Waals surface area contributed by atoms with E-state index in [-0.39, 0.29) is 12.6 Å². The number of nitrogens with one attached hydrogen (secondary N) is 3. The topological polar surface area (TPSA) is 118 Å². The van der Waals surface area contributed by atoms with Crippen molar-refractivity contribution in [2.75, 3.05) is 12.4 Å². The molecule has 1 aliphatic rings. The zero-order valence-electron chi connectivity index (χ0n) is 14.8. The van der Waals surface area contributed by atoms with E-state index in [1.807, 2.05) is 18.2 Å². The summed E-state index contributed by atoms with van der Waals surface area (Å²) < 4.78 is 5.24. The molecule has 0 aliphatic heterocycles. The first-order chi connectivity index (χ1) is 13.2. The maximum Gasteiger partial charge on any atom is 0.319 e. The Morgan fingerprint density at radius 1 is 1.30 bits per heavy atom. The molecule has 0 saturated heterocycles. The van der Waals surface area contributed by atoms with Gasteiger partial charge >= 0.3 is 6.03 Å². The molecule has 2 amide bonds. The highest BCUT2D eigenvalue weighted by Gasteiger charge is 2.20. The largest absolute Gasteiger partial charge is 0.481 e. The highest BCUT2D eigenvalue weighted by atomic mass is 16.5. The number of amides is 2. The molecule has 0 bridgehead atoms. The van der Waals surface area contributed by atoms with Crippen molar-refractivity contribution in [1.82, 2.24) is 30.9 Å². The van der Waals surface area contributed by atoms with E-state index in [4.69, 9.17) is 4.74 Å². The summed E-state index contributed by atoms with van der Waals surface area (Å²) in [7, 11) is 1.58. The number of aromatic amines is 1. The number of carbonyl (C=O) groups is 1. The Morgan fingerprint density at radius 3 is 3.04 bits per heavy atom. The van der Waals surface area contributed by atoms with Gasteiger partial charge in [-0.05, 0) is 52.4 Å². The van der Waals surface area contributed by atoms with Crippen LogP contribution in [0.5, 0.6) is 5.88 Å². The van der Waals surface area contributed by atoms with Crippen LogP contribution in [0.4, 0.5) is 10.5 Å². The molecule has 3 aromatic rings. The minimum atomic E-state index is -0.311. The third-order valence-electron chi connectivity index (χ3n) is 4.58. The molecule has 2 aromatic heterocycles. The number of benzene rings is 1. The number of hydrogen-bond donors (Lipinski definition) is 3. The number of aryl methyl sites for hydroxylation is 1. The zero-order chi connectivity index (χ0) is 18.6. The molecule has 1 aromatic carbocycles. The van der Waals surface area contributed by atoms with E-state index >= 15 is 0 Å². The van der Waals surface area contributed by atoms with E-state index in [1.165, 1.54) is 11.1 Å². The predicted molar refractivity (Wildman–Crippen MR) is 98.3 cm³/mol. The summed E-state index contributed by atoms with van der Waals surface area (Å²) in [5.74, 6) is 1.02. The predicted octanol–water partition coefficient (Wildman–Crippen LogP) is 2.08. The number of nitrogens with zero attached hydrogens (tertiary/aromatic N) is 4. The summed E-state index contributed by atoms with van der Waals surface area (Å²) in [6.45, 7) is 0.215. The summed E-state index contributed by atoms with van der Waals surface area (Å²) in [6.07, 6.45) is 4.74. The van der Waals surface area contributed by atoms with Crippen LogP contribution in [0.1, 0.15) is 23.4 Å². The molecule has 0 radical (unpaired) electrons. The lowest BCUT2D eigenvalue weighted by molar-refractivity contribution is 0.251. The Bertz CT molecular complexity index is 956. The number of hydrogen-bond acceptors (Lipinski definition) is 6. The maximum atomic E-state index is 12.5. The van der Waals surface area contributed by atoms with Gasteiger partial charge in [0, 0.05) is 17.8 Å². The summed E-state index contributed by atoms with van der Waals surface area (Å²) in [6, 6.07) is 7.62. The second kappa shape index (κ2) is 7.40. The van der Waals surface area contributed by atoms with Gasteiger partial charge < -0.3 is 15.4 Å². The normalized spacial score (nSPS) is 12.5. The van der Waals surface area contributed by atoms with Crippen LogP contribution >= 0.6 is 0 Å².